The summed E-state index contributed by atoms with van der Waals surface area (Å²) in [4.78, 5) is 8.00. The molecule has 0 spiro atoms. The van der Waals surface area contributed by atoms with Crippen LogP contribution < -0.4 is 4.57 Å². The van der Waals surface area contributed by atoms with Gasteiger partial charge in [-0.25, -0.2) is 4.57 Å². The van der Waals surface area contributed by atoms with Crippen LogP contribution >= 0.6 is 0 Å². The van der Waals surface area contributed by atoms with Gasteiger partial charge in [-0.1, -0.05) is 24.3 Å². The number of para-hydroxylation sites is 1. The minimum atomic E-state index is 1.03. The maximum Gasteiger partial charge on any atom is 0.286 e. The first-order valence-corrected chi connectivity index (χ1v) is 5.97. The van der Waals surface area contributed by atoms with E-state index in [2.05, 4.69) is 46.5 Å². The summed E-state index contributed by atoms with van der Waals surface area (Å²) in [6, 6.07) is 12.7. The van der Waals surface area contributed by atoms with Crippen LogP contribution in [0.1, 0.15) is 0 Å². The van der Waals surface area contributed by atoms with Crippen molar-refractivity contribution in [1.29, 1.82) is 0 Å². The quantitative estimate of drug-likeness (QED) is 0.466. The monoisotopic (exact) mass is 234 g/mol. The van der Waals surface area contributed by atoms with E-state index in [1.807, 2.05) is 24.0 Å². The van der Waals surface area contributed by atoms with Gasteiger partial charge in [0.1, 0.15) is 6.20 Å². The molecule has 0 amide bonds. The van der Waals surface area contributed by atoms with Crippen LogP contribution in [-0.2, 0) is 7.05 Å². The Hall–Kier alpha value is -2.42. The Morgan fingerprint density at radius 2 is 1.94 bits per heavy atom. The van der Waals surface area contributed by atoms with Gasteiger partial charge in [0.15, 0.2) is 0 Å². The maximum atomic E-state index is 4.54. The lowest BCUT2D eigenvalue weighted by Gasteiger charge is -1.95. The predicted octanol–water partition coefficient (Wildman–Crippen LogP) is 2.69. The predicted molar refractivity (Wildman–Crippen MR) is 72.3 cm³/mol. The molecule has 0 fully saturated rings. The average molecular weight is 234 g/mol. The average Bonchev–Trinajstić information content (AvgIpc) is 2.77. The van der Waals surface area contributed by atoms with Crippen LogP contribution in [0.3, 0.4) is 0 Å². The Morgan fingerprint density at radius 3 is 2.89 bits per heavy atom. The molecule has 1 N–H and O–H groups in total. The number of aromatic amines is 1. The van der Waals surface area contributed by atoms with Gasteiger partial charge in [-0.2, -0.15) is 0 Å². The molecule has 0 aliphatic rings. The highest BCUT2D eigenvalue weighted by molar-refractivity contribution is 6.15. The van der Waals surface area contributed by atoms with Crippen LogP contribution in [0.2, 0.25) is 0 Å². The van der Waals surface area contributed by atoms with E-state index in [4.69, 9.17) is 0 Å². The highest BCUT2D eigenvalue weighted by atomic mass is 15.0. The van der Waals surface area contributed by atoms with Crippen molar-refractivity contribution in [2.45, 2.75) is 0 Å². The fourth-order valence-corrected chi connectivity index (χ4v) is 2.56. The van der Waals surface area contributed by atoms with Crippen LogP contribution in [0, 0.1) is 0 Å². The normalized spacial score (nSPS) is 11.6. The zero-order valence-corrected chi connectivity index (χ0v) is 10.0. The third-order valence-corrected chi connectivity index (χ3v) is 3.40. The zero-order chi connectivity index (χ0) is 12.1. The van der Waals surface area contributed by atoms with E-state index in [1.54, 1.807) is 0 Å². The van der Waals surface area contributed by atoms with Crippen molar-refractivity contribution in [2.75, 3.05) is 0 Å². The van der Waals surface area contributed by atoms with Gasteiger partial charge in [0, 0.05) is 16.3 Å². The number of aromatic nitrogens is 3. The zero-order valence-electron chi connectivity index (χ0n) is 10.0. The molecule has 2 aromatic carbocycles. The number of rotatable bonds is 0. The first-order chi connectivity index (χ1) is 8.83. The number of fused-ring (bicyclic) bond motifs is 5. The number of nitrogens with zero attached hydrogens (tertiary/aromatic N) is 2. The van der Waals surface area contributed by atoms with Gasteiger partial charge in [-0.05, 0) is 17.1 Å². The SMILES string of the molecule is C[n+]1cnc2c(ccc3c4ccccc4[nH]c32)c1. The van der Waals surface area contributed by atoms with Crippen molar-refractivity contribution in [2.24, 2.45) is 7.05 Å². The second-order valence-electron chi connectivity index (χ2n) is 4.64. The smallest absolute Gasteiger partial charge is 0.286 e. The molecular formula is C15H12N3+. The largest absolute Gasteiger partial charge is 0.351 e. The summed E-state index contributed by atoms with van der Waals surface area (Å²) in [5.41, 5.74) is 3.31. The minimum absolute atomic E-state index is 1.03. The molecular weight excluding hydrogens is 222 g/mol. The Balaban J connectivity index is 2.28. The molecule has 0 aliphatic carbocycles. The van der Waals surface area contributed by atoms with Crippen LogP contribution in [0.5, 0.6) is 0 Å². The number of hydrogen-bond acceptors (Lipinski definition) is 1. The number of hydrogen-bond donors (Lipinski definition) is 1. The molecule has 0 saturated heterocycles. The summed E-state index contributed by atoms with van der Waals surface area (Å²) < 4.78 is 1.97. The molecule has 0 radical (unpaired) electrons. The summed E-state index contributed by atoms with van der Waals surface area (Å²) in [5, 5.41) is 3.64. The minimum Gasteiger partial charge on any atom is -0.351 e. The number of aryl methyl sites for hydroxylation is 1. The van der Waals surface area contributed by atoms with Gasteiger partial charge < -0.3 is 4.98 Å². The molecule has 3 nitrogen and oxygen atoms in total. The van der Waals surface area contributed by atoms with E-state index in [9.17, 15) is 0 Å². The van der Waals surface area contributed by atoms with E-state index in [0.717, 1.165) is 21.9 Å². The van der Waals surface area contributed by atoms with Crippen molar-refractivity contribution in [3.63, 3.8) is 0 Å². The molecule has 4 rings (SSSR count). The number of nitrogens with one attached hydrogen (secondary N) is 1. The first-order valence-electron chi connectivity index (χ1n) is 5.97. The third kappa shape index (κ3) is 1.19. The Morgan fingerprint density at radius 1 is 1.06 bits per heavy atom. The van der Waals surface area contributed by atoms with Crippen molar-refractivity contribution in [3.05, 3.63) is 48.9 Å². The fraction of sp³-hybridized carbons (Fsp3) is 0.0667. The molecule has 0 unspecified atom stereocenters. The lowest BCUT2D eigenvalue weighted by Crippen LogP contribution is -2.27. The van der Waals surface area contributed by atoms with E-state index >= 15 is 0 Å². The molecule has 0 bridgehead atoms. The van der Waals surface area contributed by atoms with E-state index in [0.29, 0.717) is 0 Å². The van der Waals surface area contributed by atoms with Crippen molar-refractivity contribution in [1.82, 2.24) is 9.97 Å². The van der Waals surface area contributed by atoms with Gasteiger partial charge in [0.2, 0.25) is 5.52 Å². The van der Waals surface area contributed by atoms with Crippen LogP contribution in [-0.4, -0.2) is 9.97 Å². The molecule has 0 atom stereocenters. The second kappa shape index (κ2) is 3.29. The summed E-state index contributed by atoms with van der Waals surface area (Å²) in [6.07, 6.45) is 3.93. The number of H-pyrrole nitrogens is 1. The van der Waals surface area contributed by atoms with Crippen molar-refractivity contribution >= 4 is 32.7 Å². The molecule has 86 valence electrons. The summed E-state index contributed by atoms with van der Waals surface area (Å²) >= 11 is 0. The van der Waals surface area contributed by atoms with Gasteiger partial charge >= 0.3 is 0 Å². The van der Waals surface area contributed by atoms with E-state index in [-0.39, 0.29) is 0 Å². The summed E-state index contributed by atoms with van der Waals surface area (Å²) in [7, 11) is 1.99. The molecule has 3 heteroatoms. The van der Waals surface area contributed by atoms with Gasteiger partial charge in [0.05, 0.1) is 18.0 Å². The highest BCUT2D eigenvalue weighted by Gasteiger charge is 2.11. The van der Waals surface area contributed by atoms with Crippen molar-refractivity contribution in [3.8, 4) is 0 Å². The molecule has 0 aliphatic heterocycles. The third-order valence-electron chi connectivity index (χ3n) is 3.40. The lowest BCUT2D eigenvalue weighted by atomic mass is 10.1. The Kier molecular flexibility index (Phi) is 1.75. The highest BCUT2D eigenvalue weighted by Crippen LogP contribution is 2.29. The van der Waals surface area contributed by atoms with Crippen LogP contribution in [0.25, 0.3) is 32.7 Å². The Labute approximate surface area is 104 Å². The number of benzene rings is 2. The van der Waals surface area contributed by atoms with E-state index in [1.165, 1.54) is 10.8 Å². The van der Waals surface area contributed by atoms with Gasteiger partial charge in [-0.3, -0.25) is 0 Å². The lowest BCUT2D eigenvalue weighted by molar-refractivity contribution is -0.673. The Bertz CT molecular complexity index is 890. The summed E-state index contributed by atoms with van der Waals surface area (Å²) in [5.74, 6) is 0. The molecule has 2 heterocycles. The van der Waals surface area contributed by atoms with E-state index < -0.39 is 0 Å². The standard InChI is InChI=1S/C15H11N3/c1-18-8-10-6-7-12-11-4-2-3-5-13(11)17-15(12)14(10)16-9-18/h2-9H,1H3/p+1. The topological polar surface area (TPSA) is 32.6 Å². The second-order valence-corrected chi connectivity index (χ2v) is 4.64. The fourth-order valence-electron chi connectivity index (χ4n) is 2.56. The van der Waals surface area contributed by atoms with Crippen LogP contribution in [0.4, 0.5) is 0 Å². The summed E-state index contributed by atoms with van der Waals surface area (Å²) in [6.45, 7) is 0. The molecule has 4 aromatic rings. The van der Waals surface area contributed by atoms with Gasteiger partial charge in [-0.15, -0.1) is 0 Å². The van der Waals surface area contributed by atoms with Crippen molar-refractivity contribution < 1.29 is 4.57 Å². The molecule has 18 heavy (non-hydrogen) atoms. The van der Waals surface area contributed by atoms with Crippen LogP contribution in [0.15, 0.2) is 48.9 Å². The molecule has 0 saturated carbocycles. The molecule has 2 aromatic heterocycles. The first kappa shape index (κ1) is 9.59. The maximum absolute atomic E-state index is 4.54. The van der Waals surface area contributed by atoms with Gasteiger partial charge in [0.25, 0.3) is 6.33 Å².